The van der Waals surface area contributed by atoms with E-state index in [0.717, 1.165) is 30.4 Å². The molecule has 0 unspecified atom stereocenters. The minimum Gasteiger partial charge on any atom is -0.258 e. The van der Waals surface area contributed by atoms with Gasteiger partial charge in [-0.25, -0.2) is 0 Å². The van der Waals surface area contributed by atoms with E-state index in [9.17, 15) is 10.1 Å². The van der Waals surface area contributed by atoms with Crippen molar-refractivity contribution in [2.75, 3.05) is 0 Å². The van der Waals surface area contributed by atoms with E-state index in [1.165, 1.54) is 11.1 Å². The maximum absolute atomic E-state index is 10.8. The molecule has 0 bridgehead atoms. The second kappa shape index (κ2) is 5.10. The van der Waals surface area contributed by atoms with E-state index in [1.807, 2.05) is 20.8 Å². The first-order chi connectivity index (χ1) is 7.61. The lowest BCUT2D eigenvalue weighted by molar-refractivity contribution is -0.385. The van der Waals surface area contributed by atoms with Crippen LogP contribution < -0.4 is 0 Å². The van der Waals surface area contributed by atoms with Crippen molar-refractivity contribution in [1.29, 1.82) is 0 Å². The predicted octanol–water partition coefficient (Wildman–Crippen LogP) is 3.73. The van der Waals surface area contributed by atoms with Crippen molar-refractivity contribution in [1.82, 2.24) is 0 Å². The molecule has 2 rings (SSSR count). The van der Waals surface area contributed by atoms with Crippen LogP contribution in [0.15, 0.2) is 6.07 Å². The van der Waals surface area contributed by atoms with Crippen LogP contribution in [-0.4, -0.2) is 4.92 Å². The van der Waals surface area contributed by atoms with Gasteiger partial charge in [0.25, 0.3) is 5.69 Å². The lowest BCUT2D eigenvalue weighted by Crippen LogP contribution is -1.98. The number of rotatable bonds is 1. The third kappa shape index (κ3) is 2.08. The molecular weight excluding hydrogens is 202 g/mol. The first-order valence-electron chi connectivity index (χ1n) is 5.87. The van der Waals surface area contributed by atoms with Gasteiger partial charge in [-0.1, -0.05) is 13.8 Å². The molecule has 0 aliphatic heterocycles. The van der Waals surface area contributed by atoms with Crippen LogP contribution in [0.1, 0.15) is 42.5 Å². The number of fused-ring (bicyclic) bond motifs is 1. The number of nitro groups is 1. The summed E-state index contributed by atoms with van der Waals surface area (Å²) in [7, 11) is 0. The van der Waals surface area contributed by atoms with Crippen LogP contribution in [0.5, 0.6) is 0 Å². The van der Waals surface area contributed by atoms with Crippen molar-refractivity contribution in [2.24, 2.45) is 0 Å². The van der Waals surface area contributed by atoms with Crippen molar-refractivity contribution < 1.29 is 4.92 Å². The van der Waals surface area contributed by atoms with Gasteiger partial charge >= 0.3 is 0 Å². The lowest BCUT2D eigenvalue weighted by Gasteiger charge is -2.07. The van der Waals surface area contributed by atoms with Gasteiger partial charge in [0.15, 0.2) is 0 Å². The standard InChI is InChI=1S/C11H13NO2.C2H6/c1-7-6-11(12(13)14)10-5-3-4-9(10)8(7)2;1-2/h6H,3-5H2,1-2H3;1-2H3. The highest BCUT2D eigenvalue weighted by molar-refractivity contribution is 5.54. The number of benzene rings is 1. The smallest absolute Gasteiger partial charge is 0.258 e. The van der Waals surface area contributed by atoms with Crippen molar-refractivity contribution in [2.45, 2.75) is 47.0 Å². The van der Waals surface area contributed by atoms with Crippen LogP contribution in [0.3, 0.4) is 0 Å². The summed E-state index contributed by atoms with van der Waals surface area (Å²) < 4.78 is 0. The van der Waals surface area contributed by atoms with Crippen LogP contribution in [0.4, 0.5) is 5.69 Å². The highest BCUT2D eigenvalue weighted by atomic mass is 16.6. The second-order valence-electron chi connectivity index (χ2n) is 3.91. The number of hydrogen-bond donors (Lipinski definition) is 0. The van der Waals surface area contributed by atoms with E-state index in [2.05, 4.69) is 6.92 Å². The summed E-state index contributed by atoms with van der Waals surface area (Å²) >= 11 is 0. The zero-order valence-electron chi connectivity index (χ0n) is 10.5. The molecule has 0 atom stereocenters. The minimum absolute atomic E-state index is 0.253. The van der Waals surface area contributed by atoms with Crippen LogP contribution in [0, 0.1) is 24.0 Å². The van der Waals surface area contributed by atoms with Crippen LogP contribution >= 0.6 is 0 Å². The van der Waals surface area contributed by atoms with Gasteiger partial charge in [0.1, 0.15) is 0 Å². The first kappa shape index (κ1) is 12.7. The number of hydrogen-bond acceptors (Lipinski definition) is 2. The molecule has 0 amide bonds. The molecule has 0 aromatic heterocycles. The van der Waals surface area contributed by atoms with Crippen LogP contribution in [0.25, 0.3) is 0 Å². The summed E-state index contributed by atoms with van der Waals surface area (Å²) in [6.45, 7) is 8.00. The van der Waals surface area contributed by atoms with Crippen molar-refractivity contribution in [3.8, 4) is 0 Å². The van der Waals surface area contributed by atoms with Gasteiger partial charge in [0.2, 0.25) is 0 Å². The van der Waals surface area contributed by atoms with Crippen LogP contribution in [-0.2, 0) is 12.8 Å². The summed E-state index contributed by atoms with van der Waals surface area (Å²) in [4.78, 5) is 10.6. The summed E-state index contributed by atoms with van der Waals surface area (Å²) in [5, 5.41) is 10.8. The molecule has 0 saturated heterocycles. The van der Waals surface area contributed by atoms with Crippen molar-refractivity contribution in [3.63, 3.8) is 0 Å². The van der Waals surface area contributed by atoms with Gasteiger partial charge in [-0.2, -0.15) is 0 Å². The van der Waals surface area contributed by atoms with E-state index in [-0.39, 0.29) is 4.92 Å². The Morgan fingerprint density at radius 1 is 1.19 bits per heavy atom. The molecule has 1 aromatic carbocycles. The third-order valence-corrected chi connectivity index (χ3v) is 3.12. The van der Waals surface area contributed by atoms with Gasteiger partial charge in [0, 0.05) is 11.6 Å². The second-order valence-corrected chi connectivity index (χ2v) is 3.91. The fourth-order valence-corrected chi connectivity index (χ4v) is 2.24. The Morgan fingerprint density at radius 2 is 1.75 bits per heavy atom. The Kier molecular flexibility index (Phi) is 4.05. The SMILES string of the molecule is CC.Cc1cc([N+](=O)[O-])c2c(c1C)CCC2. The average molecular weight is 221 g/mol. The zero-order chi connectivity index (χ0) is 12.3. The average Bonchev–Trinajstić information content (AvgIpc) is 2.75. The Bertz CT molecular complexity index is 411. The van der Waals surface area contributed by atoms with E-state index in [0.29, 0.717) is 5.69 Å². The molecule has 3 nitrogen and oxygen atoms in total. The molecule has 0 heterocycles. The maximum atomic E-state index is 10.8. The molecule has 88 valence electrons. The quantitative estimate of drug-likeness (QED) is 0.535. The molecule has 0 N–H and O–H groups in total. The van der Waals surface area contributed by atoms with Crippen molar-refractivity contribution in [3.05, 3.63) is 38.4 Å². The van der Waals surface area contributed by atoms with E-state index >= 15 is 0 Å². The summed E-state index contributed by atoms with van der Waals surface area (Å²) in [6, 6.07) is 1.71. The molecule has 0 spiro atoms. The lowest BCUT2D eigenvalue weighted by atomic mass is 9.98. The predicted molar refractivity (Wildman–Crippen MR) is 65.9 cm³/mol. The monoisotopic (exact) mass is 221 g/mol. The van der Waals surface area contributed by atoms with E-state index < -0.39 is 0 Å². The fraction of sp³-hybridized carbons (Fsp3) is 0.538. The summed E-state index contributed by atoms with van der Waals surface area (Å²) in [5.74, 6) is 0. The third-order valence-electron chi connectivity index (χ3n) is 3.12. The van der Waals surface area contributed by atoms with E-state index in [4.69, 9.17) is 0 Å². The highest BCUT2D eigenvalue weighted by Gasteiger charge is 2.24. The van der Waals surface area contributed by atoms with Gasteiger partial charge < -0.3 is 0 Å². The zero-order valence-corrected chi connectivity index (χ0v) is 10.5. The fourth-order valence-electron chi connectivity index (χ4n) is 2.24. The molecule has 1 aliphatic rings. The number of nitro benzene ring substituents is 1. The maximum Gasteiger partial charge on any atom is 0.273 e. The minimum atomic E-state index is -0.253. The summed E-state index contributed by atoms with van der Waals surface area (Å²) in [6.07, 6.45) is 2.93. The van der Waals surface area contributed by atoms with Crippen LogP contribution in [0.2, 0.25) is 0 Å². The molecule has 0 radical (unpaired) electrons. The van der Waals surface area contributed by atoms with Gasteiger partial charge in [-0.05, 0) is 49.8 Å². The largest absolute Gasteiger partial charge is 0.273 e. The molecular formula is C13H19NO2. The topological polar surface area (TPSA) is 43.1 Å². The Balaban J connectivity index is 0.000000606. The molecule has 0 saturated carbocycles. The Labute approximate surface area is 96.6 Å². The molecule has 0 fully saturated rings. The highest BCUT2D eigenvalue weighted by Crippen LogP contribution is 2.34. The Hall–Kier alpha value is -1.38. The van der Waals surface area contributed by atoms with Crippen molar-refractivity contribution >= 4 is 5.69 Å². The Morgan fingerprint density at radius 3 is 2.31 bits per heavy atom. The number of aryl methyl sites for hydroxylation is 1. The number of nitrogens with zero attached hydrogens (tertiary/aromatic N) is 1. The van der Waals surface area contributed by atoms with Gasteiger partial charge in [-0.15, -0.1) is 0 Å². The molecule has 3 heteroatoms. The molecule has 1 aliphatic carbocycles. The summed E-state index contributed by atoms with van der Waals surface area (Å²) in [5.41, 5.74) is 4.79. The van der Waals surface area contributed by atoms with E-state index in [1.54, 1.807) is 6.07 Å². The first-order valence-corrected chi connectivity index (χ1v) is 5.87. The molecule has 16 heavy (non-hydrogen) atoms. The normalized spacial score (nSPS) is 12.8. The molecule has 1 aromatic rings. The van der Waals surface area contributed by atoms with Gasteiger partial charge in [-0.3, -0.25) is 10.1 Å². The van der Waals surface area contributed by atoms with Gasteiger partial charge in [0.05, 0.1) is 4.92 Å².